The van der Waals surface area contributed by atoms with Gasteiger partial charge in [0.25, 0.3) is 0 Å². The van der Waals surface area contributed by atoms with Crippen molar-refractivity contribution in [3.05, 3.63) is 59.1 Å². The van der Waals surface area contributed by atoms with E-state index in [2.05, 4.69) is 0 Å². The predicted octanol–water partition coefficient (Wildman–Crippen LogP) is 4.73. The molecule has 0 saturated carbocycles. The number of halogens is 4. The van der Waals surface area contributed by atoms with Crippen LogP contribution in [0.15, 0.2) is 48.5 Å². The lowest BCUT2D eigenvalue weighted by Crippen LogP contribution is -2.22. The second-order valence-electron chi connectivity index (χ2n) is 4.04. The van der Waals surface area contributed by atoms with Crippen LogP contribution in [0.2, 0.25) is 5.02 Å². The summed E-state index contributed by atoms with van der Waals surface area (Å²) < 4.78 is 44.3. The normalized spacial score (nSPS) is 13.1. The van der Waals surface area contributed by atoms with Crippen LogP contribution in [0, 0.1) is 0 Å². The first-order valence-corrected chi connectivity index (χ1v) is 6.02. The zero-order valence-corrected chi connectivity index (χ0v) is 10.8. The maximum atomic E-state index is 13.6. The Morgan fingerprint density at radius 2 is 1.65 bits per heavy atom. The second-order valence-corrected chi connectivity index (χ2v) is 4.48. The van der Waals surface area contributed by atoms with Gasteiger partial charge in [0.2, 0.25) is 6.17 Å². The molecule has 20 heavy (non-hydrogen) atoms. The lowest BCUT2D eigenvalue weighted by Gasteiger charge is -2.18. The van der Waals surface area contributed by atoms with Crippen LogP contribution >= 0.6 is 11.6 Å². The average molecular weight is 303 g/mol. The molecule has 1 unspecified atom stereocenters. The number of alkyl halides is 3. The Balaban J connectivity index is 2.31. The number of hydrogen-bond acceptors (Lipinski definition) is 2. The molecule has 0 heterocycles. The molecule has 0 aliphatic carbocycles. The molecule has 0 aromatic heterocycles. The van der Waals surface area contributed by atoms with Gasteiger partial charge >= 0.3 is 6.11 Å². The third kappa shape index (κ3) is 3.43. The Bertz CT molecular complexity index is 582. The summed E-state index contributed by atoms with van der Waals surface area (Å²) >= 11 is 5.71. The van der Waals surface area contributed by atoms with Gasteiger partial charge in [-0.15, -0.1) is 0 Å². The maximum Gasteiger partial charge on any atom is 0.388 e. The van der Waals surface area contributed by atoms with Gasteiger partial charge < -0.3 is 9.84 Å². The van der Waals surface area contributed by atoms with E-state index < -0.39 is 17.8 Å². The molecular formula is C14H10ClF3O2. The topological polar surface area (TPSA) is 29.5 Å². The standard InChI is InChI=1S/C14H10ClF3O2/c15-9-5-7-10(8-6-9)20-12-4-2-1-3-11(12)13(16)14(17,18)19/h1-8,13,19H. The van der Waals surface area contributed by atoms with Crippen LogP contribution in [-0.2, 0) is 0 Å². The molecule has 0 bridgehead atoms. The highest BCUT2D eigenvalue weighted by atomic mass is 35.5. The van der Waals surface area contributed by atoms with Gasteiger partial charge in [0.05, 0.1) is 0 Å². The van der Waals surface area contributed by atoms with Gasteiger partial charge in [0.1, 0.15) is 11.5 Å². The van der Waals surface area contributed by atoms with E-state index in [1.807, 2.05) is 0 Å². The fourth-order valence-corrected chi connectivity index (χ4v) is 1.73. The van der Waals surface area contributed by atoms with E-state index in [1.165, 1.54) is 30.3 Å². The Labute approximate surface area is 118 Å². The molecule has 2 aromatic carbocycles. The smallest absolute Gasteiger partial charge is 0.388 e. The van der Waals surface area contributed by atoms with Crippen molar-refractivity contribution in [3.63, 3.8) is 0 Å². The van der Waals surface area contributed by atoms with E-state index in [-0.39, 0.29) is 5.75 Å². The van der Waals surface area contributed by atoms with Crippen molar-refractivity contribution in [2.24, 2.45) is 0 Å². The summed E-state index contributed by atoms with van der Waals surface area (Å²) in [5.41, 5.74) is -0.435. The van der Waals surface area contributed by atoms with Gasteiger partial charge in [-0.1, -0.05) is 29.8 Å². The fourth-order valence-electron chi connectivity index (χ4n) is 1.60. The van der Waals surface area contributed by atoms with Crippen molar-refractivity contribution in [3.8, 4) is 11.5 Å². The van der Waals surface area contributed by atoms with E-state index in [4.69, 9.17) is 21.4 Å². The molecule has 0 amide bonds. The minimum atomic E-state index is -4.47. The molecule has 0 spiro atoms. The van der Waals surface area contributed by atoms with Crippen molar-refractivity contribution < 1.29 is 23.0 Å². The van der Waals surface area contributed by atoms with Crippen LogP contribution in [0.3, 0.4) is 0 Å². The zero-order chi connectivity index (χ0) is 14.8. The van der Waals surface area contributed by atoms with Gasteiger partial charge in [-0.2, -0.15) is 8.78 Å². The zero-order valence-electron chi connectivity index (χ0n) is 10.1. The van der Waals surface area contributed by atoms with E-state index in [0.29, 0.717) is 10.8 Å². The molecule has 1 atom stereocenters. The highest BCUT2D eigenvalue weighted by Crippen LogP contribution is 2.38. The maximum absolute atomic E-state index is 13.6. The molecule has 0 fully saturated rings. The SMILES string of the molecule is OC(F)(F)C(F)c1ccccc1Oc1ccc(Cl)cc1. The predicted molar refractivity (Wildman–Crippen MR) is 69.0 cm³/mol. The van der Waals surface area contributed by atoms with Crippen LogP contribution in [0.25, 0.3) is 0 Å². The van der Waals surface area contributed by atoms with Crippen molar-refractivity contribution in [2.45, 2.75) is 12.3 Å². The average Bonchev–Trinajstić information content (AvgIpc) is 2.40. The van der Waals surface area contributed by atoms with Crippen LogP contribution in [0.1, 0.15) is 11.7 Å². The van der Waals surface area contributed by atoms with Crippen molar-refractivity contribution >= 4 is 11.6 Å². The Kier molecular flexibility index (Phi) is 4.20. The minimum Gasteiger partial charge on any atom is -0.457 e. The lowest BCUT2D eigenvalue weighted by molar-refractivity contribution is -0.243. The molecule has 6 heteroatoms. The van der Waals surface area contributed by atoms with Crippen molar-refractivity contribution in [1.29, 1.82) is 0 Å². The van der Waals surface area contributed by atoms with E-state index in [0.717, 1.165) is 6.07 Å². The molecular weight excluding hydrogens is 293 g/mol. The summed E-state index contributed by atoms with van der Waals surface area (Å²) in [6.07, 6.45) is -7.34. The van der Waals surface area contributed by atoms with Crippen LogP contribution in [-0.4, -0.2) is 11.2 Å². The van der Waals surface area contributed by atoms with Crippen LogP contribution in [0.5, 0.6) is 11.5 Å². The quantitative estimate of drug-likeness (QED) is 0.885. The molecule has 2 rings (SSSR count). The summed E-state index contributed by atoms with van der Waals surface area (Å²) in [7, 11) is 0. The van der Waals surface area contributed by atoms with Gasteiger partial charge in [0.15, 0.2) is 0 Å². The molecule has 0 aliphatic heterocycles. The number of benzene rings is 2. The van der Waals surface area contributed by atoms with Crippen LogP contribution < -0.4 is 4.74 Å². The largest absolute Gasteiger partial charge is 0.457 e. The second kappa shape index (κ2) is 5.73. The van der Waals surface area contributed by atoms with Crippen molar-refractivity contribution in [1.82, 2.24) is 0 Å². The molecule has 0 radical (unpaired) electrons. The van der Waals surface area contributed by atoms with Crippen LogP contribution in [0.4, 0.5) is 13.2 Å². The summed E-state index contributed by atoms with van der Waals surface area (Å²) in [6.45, 7) is 0. The summed E-state index contributed by atoms with van der Waals surface area (Å²) in [5, 5.41) is 8.97. The number of aliphatic hydroxyl groups is 1. The monoisotopic (exact) mass is 302 g/mol. The van der Waals surface area contributed by atoms with E-state index >= 15 is 0 Å². The van der Waals surface area contributed by atoms with E-state index in [9.17, 15) is 13.2 Å². The first-order valence-electron chi connectivity index (χ1n) is 5.64. The summed E-state index contributed by atoms with van der Waals surface area (Å²) in [4.78, 5) is 0. The Morgan fingerprint density at radius 1 is 1.05 bits per heavy atom. The molecule has 2 nitrogen and oxygen atoms in total. The Hall–Kier alpha value is -1.72. The van der Waals surface area contributed by atoms with Gasteiger partial charge in [-0.05, 0) is 30.3 Å². The first kappa shape index (κ1) is 14.7. The van der Waals surface area contributed by atoms with E-state index in [1.54, 1.807) is 12.1 Å². The highest BCUT2D eigenvalue weighted by molar-refractivity contribution is 6.30. The minimum absolute atomic E-state index is 0.101. The molecule has 2 aromatic rings. The number of para-hydroxylation sites is 1. The van der Waals surface area contributed by atoms with Crippen molar-refractivity contribution in [2.75, 3.05) is 0 Å². The third-order valence-electron chi connectivity index (χ3n) is 2.54. The number of rotatable bonds is 4. The highest BCUT2D eigenvalue weighted by Gasteiger charge is 2.40. The third-order valence-corrected chi connectivity index (χ3v) is 2.79. The molecule has 106 valence electrons. The number of hydrogen-bond donors (Lipinski definition) is 1. The lowest BCUT2D eigenvalue weighted by atomic mass is 10.1. The molecule has 1 N–H and O–H groups in total. The van der Waals surface area contributed by atoms with Gasteiger partial charge in [0, 0.05) is 10.6 Å². The summed E-state index contributed by atoms with van der Waals surface area (Å²) in [6, 6.07) is 11.5. The first-order chi connectivity index (χ1) is 9.38. The van der Waals surface area contributed by atoms with Gasteiger partial charge in [-0.25, -0.2) is 4.39 Å². The summed E-state index contributed by atoms with van der Waals surface area (Å²) in [5.74, 6) is 0.214. The number of ether oxygens (including phenoxy) is 1. The molecule has 0 saturated heterocycles. The molecule has 0 aliphatic rings. The Morgan fingerprint density at radius 3 is 2.25 bits per heavy atom. The fraction of sp³-hybridized carbons (Fsp3) is 0.143. The van der Waals surface area contributed by atoms with Gasteiger partial charge in [-0.3, -0.25) is 0 Å².